The van der Waals surface area contributed by atoms with Crippen LogP contribution in [0.5, 0.6) is 0 Å². The summed E-state index contributed by atoms with van der Waals surface area (Å²) in [4.78, 5) is 26.6. The maximum atomic E-state index is 13.0. The first-order chi connectivity index (χ1) is 11.5. The molecule has 3 heterocycles. The van der Waals surface area contributed by atoms with E-state index in [0.717, 1.165) is 0 Å². The first-order valence-corrected chi connectivity index (χ1v) is 8.42. The van der Waals surface area contributed by atoms with E-state index in [1.165, 1.54) is 0 Å². The van der Waals surface area contributed by atoms with Crippen molar-refractivity contribution >= 4 is 11.9 Å². The molecule has 0 unspecified atom stereocenters. The molecule has 1 aromatic carbocycles. The van der Waals surface area contributed by atoms with E-state index < -0.39 is 11.4 Å². The SMILES string of the molecule is CCOC(=O)N1C[C@@H]2CC3(C(=O)c4ccccc4)C[C@@H](C1)C2(O)O3. The summed E-state index contributed by atoms with van der Waals surface area (Å²) in [7, 11) is 0. The summed E-state index contributed by atoms with van der Waals surface area (Å²) in [6.45, 7) is 2.80. The number of ketones is 1. The Kier molecular flexibility index (Phi) is 3.44. The maximum absolute atomic E-state index is 13.0. The van der Waals surface area contributed by atoms with Gasteiger partial charge in [-0.1, -0.05) is 30.3 Å². The van der Waals surface area contributed by atoms with Crippen LogP contribution in [0.4, 0.5) is 4.79 Å². The third-order valence-corrected chi connectivity index (χ3v) is 5.54. The number of aliphatic hydroxyl groups is 1. The number of Topliss-reactive ketones (excluding diaryl/α,β-unsaturated/α-hetero) is 1. The van der Waals surface area contributed by atoms with E-state index in [1.54, 1.807) is 24.0 Å². The van der Waals surface area contributed by atoms with Gasteiger partial charge in [0.25, 0.3) is 0 Å². The van der Waals surface area contributed by atoms with E-state index in [-0.39, 0.29) is 23.7 Å². The van der Waals surface area contributed by atoms with Crippen molar-refractivity contribution in [1.29, 1.82) is 0 Å². The Hall–Kier alpha value is -1.92. The smallest absolute Gasteiger partial charge is 0.409 e. The minimum absolute atomic E-state index is 0.0730. The van der Waals surface area contributed by atoms with Crippen molar-refractivity contribution in [3.8, 4) is 0 Å². The lowest BCUT2D eigenvalue weighted by molar-refractivity contribution is -0.228. The Morgan fingerprint density at radius 3 is 2.46 bits per heavy atom. The third kappa shape index (κ3) is 2.09. The Morgan fingerprint density at radius 1 is 1.25 bits per heavy atom. The minimum Gasteiger partial charge on any atom is -0.450 e. The topological polar surface area (TPSA) is 76.1 Å². The highest BCUT2D eigenvalue weighted by molar-refractivity contribution is 6.03. The van der Waals surface area contributed by atoms with E-state index in [1.807, 2.05) is 18.2 Å². The monoisotopic (exact) mass is 331 g/mol. The Morgan fingerprint density at radius 2 is 1.88 bits per heavy atom. The fourth-order valence-electron chi connectivity index (χ4n) is 4.51. The van der Waals surface area contributed by atoms with Crippen LogP contribution >= 0.6 is 0 Å². The van der Waals surface area contributed by atoms with E-state index in [9.17, 15) is 14.7 Å². The second-order valence-electron chi connectivity index (χ2n) is 6.95. The summed E-state index contributed by atoms with van der Waals surface area (Å²) in [5, 5.41) is 11.0. The summed E-state index contributed by atoms with van der Waals surface area (Å²) in [6.07, 6.45) is 0.506. The van der Waals surface area contributed by atoms with Crippen LogP contribution in [0.3, 0.4) is 0 Å². The van der Waals surface area contributed by atoms with Gasteiger partial charge in [0.1, 0.15) is 5.60 Å². The van der Waals surface area contributed by atoms with Crippen LogP contribution in [0.25, 0.3) is 0 Å². The van der Waals surface area contributed by atoms with Crippen LogP contribution in [-0.4, -0.2) is 53.0 Å². The van der Waals surface area contributed by atoms with E-state index >= 15 is 0 Å². The van der Waals surface area contributed by atoms with Gasteiger partial charge in [-0.25, -0.2) is 4.79 Å². The molecule has 0 aromatic heterocycles. The van der Waals surface area contributed by atoms with Crippen molar-refractivity contribution in [2.24, 2.45) is 11.8 Å². The molecule has 1 amide bonds. The summed E-state index contributed by atoms with van der Waals surface area (Å²) in [5.41, 5.74) is -0.365. The Balaban J connectivity index is 1.58. The summed E-state index contributed by atoms with van der Waals surface area (Å²) in [5.74, 6) is -1.91. The van der Waals surface area contributed by atoms with Gasteiger partial charge in [0.2, 0.25) is 0 Å². The summed E-state index contributed by atoms with van der Waals surface area (Å²) < 4.78 is 11.0. The van der Waals surface area contributed by atoms with Crippen LogP contribution in [0.1, 0.15) is 30.1 Å². The molecule has 4 rings (SSSR count). The number of rotatable bonds is 3. The van der Waals surface area contributed by atoms with Gasteiger partial charge in [-0.15, -0.1) is 0 Å². The molecule has 3 aliphatic heterocycles. The molecule has 1 N–H and O–H groups in total. The van der Waals surface area contributed by atoms with Gasteiger partial charge in [-0.05, 0) is 19.8 Å². The number of hydrogen-bond acceptors (Lipinski definition) is 5. The number of benzene rings is 1. The fraction of sp³-hybridized carbons (Fsp3) is 0.556. The lowest BCUT2D eigenvalue weighted by Gasteiger charge is -2.44. The highest BCUT2D eigenvalue weighted by Gasteiger charge is 2.70. The van der Waals surface area contributed by atoms with Gasteiger partial charge in [-0.3, -0.25) is 4.79 Å². The van der Waals surface area contributed by atoms with Gasteiger partial charge >= 0.3 is 6.09 Å². The van der Waals surface area contributed by atoms with E-state index in [4.69, 9.17) is 9.47 Å². The predicted molar refractivity (Wildman–Crippen MR) is 84.3 cm³/mol. The molecular formula is C18H21NO5. The number of ether oxygens (including phenoxy) is 2. The number of carbonyl (C=O) groups excluding carboxylic acids is 2. The van der Waals surface area contributed by atoms with Crippen molar-refractivity contribution in [2.75, 3.05) is 19.7 Å². The first-order valence-electron chi connectivity index (χ1n) is 8.42. The zero-order chi connectivity index (χ0) is 16.9. The molecule has 0 radical (unpaired) electrons. The number of likely N-dealkylation sites (tertiary alicyclic amines) is 1. The van der Waals surface area contributed by atoms with Gasteiger partial charge in [-0.2, -0.15) is 0 Å². The number of carbonyl (C=O) groups is 2. The number of amides is 1. The molecule has 6 heteroatoms. The second kappa shape index (κ2) is 5.29. The molecule has 0 aliphatic carbocycles. The van der Waals surface area contributed by atoms with Crippen LogP contribution in [0.2, 0.25) is 0 Å². The van der Waals surface area contributed by atoms with Crippen LogP contribution < -0.4 is 0 Å². The number of fused-ring (bicyclic) bond motifs is 1. The van der Waals surface area contributed by atoms with E-state index in [2.05, 4.69) is 0 Å². The Bertz CT molecular complexity index is 657. The molecule has 0 spiro atoms. The lowest BCUT2D eigenvalue weighted by Crippen LogP contribution is -2.58. The fourth-order valence-corrected chi connectivity index (χ4v) is 4.51. The average Bonchev–Trinajstić information content (AvgIpc) is 3.04. The standard InChI is InChI=1S/C18H21NO5/c1-2-23-16(21)19-10-13-8-17(9-14(11-19)18(13,22)24-17)15(20)12-6-4-3-5-7-12/h3-7,13-14,22H,2,8-11H2,1H3/t13-,14-,17?,18?/m0/s1. The minimum atomic E-state index is -1.31. The van der Waals surface area contributed by atoms with E-state index in [0.29, 0.717) is 38.1 Å². The molecule has 3 saturated heterocycles. The highest BCUT2D eigenvalue weighted by Crippen LogP contribution is 2.59. The summed E-state index contributed by atoms with van der Waals surface area (Å²) in [6, 6.07) is 9.06. The first kappa shape index (κ1) is 15.6. The molecule has 1 aromatic rings. The van der Waals surface area contributed by atoms with Crippen LogP contribution in [0.15, 0.2) is 30.3 Å². The number of hydrogen-bond donors (Lipinski definition) is 1. The highest BCUT2D eigenvalue weighted by atomic mass is 16.7. The third-order valence-electron chi connectivity index (χ3n) is 5.54. The quantitative estimate of drug-likeness (QED) is 0.855. The van der Waals surface area contributed by atoms with Crippen molar-refractivity contribution in [3.63, 3.8) is 0 Å². The molecule has 128 valence electrons. The normalized spacial score (nSPS) is 36.7. The zero-order valence-corrected chi connectivity index (χ0v) is 13.6. The van der Waals surface area contributed by atoms with Crippen molar-refractivity contribution in [1.82, 2.24) is 4.90 Å². The average molecular weight is 331 g/mol. The maximum Gasteiger partial charge on any atom is 0.409 e. The molecule has 0 saturated carbocycles. The molecule has 2 bridgehead atoms. The van der Waals surface area contributed by atoms with Gasteiger partial charge in [0, 0.05) is 30.5 Å². The van der Waals surface area contributed by atoms with Crippen molar-refractivity contribution < 1.29 is 24.2 Å². The second-order valence-corrected chi connectivity index (χ2v) is 6.95. The van der Waals surface area contributed by atoms with Gasteiger partial charge in [0.05, 0.1) is 6.61 Å². The number of nitrogens with zero attached hydrogens (tertiary/aromatic N) is 1. The number of piperidine rings is 1. The van der Waals surface area contributed by atoms with Crippen molar-refractivity contribution in [2.45, 2.75) is 31.2 Å². The largest absolute Gasteiger partial charge is 0.450 e. The predicted octanol–water partition coefficient (Wildman–Crippen LogP) is 1.83. The Labute approximate surface area is 140 Å². The van der Waals surface area contributed by atoms with Crippen LogP contribution in [0, 0.1) is 11.8 Å². The van der Waals surface area contributed by atoms with Gasteiger partial charge in [0.15, 0.2) is 11.6 Å². The van der Waals surface area contributed by atoms with Crippen molar-refractivity contribution in [3.05, 3.63) is 35.9 Å². The molecule has 2 atom stereocenters. The molecular weight excluding hydrogens is 310 g/mol. The molecule has 24 heavy (non-hydrogen) atoms. The molecule has 3 fully saturated rings. The zero-order valence-electron chi connectivity index (χ0n) is 13.6. The molecule has 3 aliphatic rings. The van der Waals surface area contributed by atoms with Gasteiger partial charge < -0.3 is 19.5 Å². The lowest BCUT2D eigenvalue weighted by atomic mass is 9.68. The van der Waals surface area contributed by atoms with Crippen LogP contribution in [-0.2, 0) is 9.47 Å². The summed E-state index contributed by atoms with van der Waals surface area (Å²) >= 11 is 0. The molecule has 6 nitrogen and oxygen atoms in total.